The first-order valence-electron chi connectivity index (χ1n) is 8.60. The molecule has 6 nitrogen and oxygen atoms in total. The van der Waals surface area contributed by atoms with Crippen LogP contribution >= 0.6 is 11.3 Å². The largest absolute Gasteiger partial charge is 0.325 e. The van der Waals surface area contributed by atoms with Crippen LogP contribution < -0.4 is 10.2 Å². The molecule has 0 aliphatic carbocycles. The molecular weight excluding hydrogens is 370 g/mol. The molecule has 1 aromatic carbocycles. The van der Waals surface area contributed by atoms with Gasteiger partial charge in [-0.15, -0.1) is 11.3 Å². The molecule has 1 aliphatic heterocycles. The summed E-state index contributed by atoms with van der Waals surface area (Å²) in [7, 11) is -3.39. The van der Waals surface area contributed by atoms with E-state index in [0.717, 1.165) is 16.2 Å². The normalized spacial score (nSPS) is 16.5. The summed E-state index contributed by atoms with van der Waals surface area (Å²) in [5, 5.41) is 4.70. The number of nitrogens with one attached hydrogen (secondary N) is 2. The van der Waals surface area contributed by atoms with E-state index in [1.807, 2.05) is 32.0 Å². The van der Waals surface area contributed by atoms with E-state index in [4.69, 9.17) is 0 Å². The number of piperazine rings is 1. The van der Waals surface area contributed by atoms with Crippen LogP contribution in [0.3, 0.4) is 0 Å². The molecule has 1 saturated heterocycles. The molecule has 140 valence electrons. The van der Waals surface area contributed by atoms with Crippen LogP contribution in [0.4, 0.5) is 5.69 Å². The fourth-order valence-corrected chi connectivity index (χ4v) is 5.59. The van der Waals surface area contributed by atoms with Gasteiger partial charge in [0, 0.05) is 5.69 Å². The van der Waals surface area contributed by atoms with Crippen LogP contribution in [0.15, 0.2) is 39.9 Å². The molecule has 0 radical (unpaired) electrons. The number of quaternary nitrogens is 1. The minimum Gasteiger partial charge on any atom is -0.325 e. The maximum atomic E-state index is 12.5. The quantitative estimate of drug-likeness (QED) is 0.791. The van der Waals surface area contributed by atoms with Gasteiger partial charge in [0.1, 0.15) is 4.21 Å². The second-order valence-corrected chi connectivity index (χ2v) is 9.72. The lowest BCUT2D eigenvalue weighted by atomic mass is 10.1. The zero-order valence-corrected chi connectivity index (χ0v) is 16.6. The number of carbonyl (C=O) groups is 1. The summed E-state index contributed by atoms with van der Waals surface area (Å²) < 4.78 is 27.0. The number of hydrogen-bond donors (Lipinski definition) is 2. The Morgan fingerprint density at radius 1 is 1.19 bits per heavy atom. The van der Waals surface area contributed by atoms with E-state index in [9.17, 15) is 13.2 Å². The Morgan fingerprint density at radius 3 is 2.54 bits per heavy atom. The van der Waals surface area contributed by atoms with Crippen molar-refractivity contribution in [1.82, 2.24) is 4.31 Å². The third-order valence-electron chi connectivity index (χ3n) is 4.72. The van der Waals surface area contributed by atoms with Gasteiger partial charge in [-0.25, -0.2) is 8.42 Å². The van der Waals surface area contributed by atoms with Crippen molar-refractivity contribution in [3.05, 3.63) is 46.8 Å². The molecule has 1 aromatic heterocycles. The molecule has 2 aromatic rings. The van der Waals surface area contributed by atoms with E-state index < -0.39 is 10.0 Å². The molecule has 0 spiro atoms. The zero-order valence-electron chi connectivity index (χ0n) is 15.0. The number of rotatable bonds is 5. The van der Waals surface area contributed by atoms with Gasteiger partial charge in [0.05, 0.1) is 26.2 Å². The maximum absolute atomic E-state index is 12.5. The number of nitrogens with zero attached hydrogens (tertiary/aromatic N) is 1. The van der Waals surface area contributed by atoms with Crippen molar-refractivity contribution in [1.29, 1.82) is 0 Å². The molecule has 1 aliphatic rings. The molecule has 2 N–H and O–H groups in total. The maximum Gasteiger partial charge on any atom is 0.279 e. The molecular formula is C18H24N3O3S2+. The first-order valence-corrected chi connectivity index (χ1v) is 10.9. The van der Waals surface area contributed by atoms with Crippen LogP contribution in [-0.2, 0) is 14.8 Å². The standard InChI is InChI=1S/C18H23N3O3S2/c1-14-5-6-16(12-15(14)2)19-17(22)13-20-7-9-21(10-8-20)26(23,24)18-4-3-11-25-18/h3-6,11-12H,7-10,13H2,1-2H3,(H,19,22)/p+1. The Bertz CT molecular complexity index is 871. The van der Waals surface area contributed by atoms with E-state index >= 15 is 0 Å². The third kappa shape index (κ3) is 4.32. The van der Waals surface area contributed by atoms with Crippen molar-refractivity contribution in [3.8, 4) is 0 Å². The number of aryl methyl sites for hydroxylation is 2. The minimum absolute atomic E-state index is 0.0437. The first-order chi connectivity index (χ1) is 12.4. The topological polar surface area (TPSA) is 70.9 Å². The van der Waals surface area contributed by atoms with Crippen LogP contribution in [0.25, 0.3) is 0 Å². The van der Waals surface area contributed by atoms with Crippen LogP contribution in [0, 0.1) is 13.8 Å². The Hall–Kier alpha value is -1.74. The summed E-state index contributed by atoms with van der Waals surface area (Å²) in [6, 6.07) is 9.24. The fourth-order valence-electron chi connectivity index (χ4n) is 3.01. The number of amides is 1. The highest BCUT2D eigenvalue weighted by Gasteiger charge is 2.31. The summed E-state index contributed by atoms with van der Waals surface area (Å²) in [5.41, 5.74) is 3.13. The van der Waals surface area contributed by atoms with Crippen molar-refractivity contribution in [3.63, 3.8) is 0 Å². The Labute approximate surface area is 158 Å². The van der Waals surface area contributed by atoms with Gasteiger partial charge in [-0.1, -0.05) is 12.1 Å². The van der Waals surface area contributed by atoms with Gasteiger partial charge < -0.3 is 10.2 Å². The zero-order chi connectivity index (χ0) is 18.7. The molecule has 26 heavy (non-hydrogen) atoms. The van der Waals surface area contributed by atoms with Gasteiger partial charge in [-0.05, 0) is 48.6 Å². The van der Waals surface area contributed by atoms with Crippen molar-refractivity contribution >= 4 is 33.0 Å². The SMILES string of the molecule is Cc1ccc(NC(=O)C[NH+]2CCN(S(=O)(=O)c3cccs3)CC2)cc1C. The average Bonchev–Trinajstić information content (AvgIpc) is 3.14. The molecule has 1 fully saturated rings. The van der Waals surface area contributed by atoms with Crippen LogP contribution in [0.1, 0.15) is 11.1 Å². The molecule has 0 unspecified atom stereocenters. The van der Waals surface area contributed by atoms with E-state index in [2.05, 4.69) is 5.32 Å². The minimum atomic E-state index is -3.39. The average molecular weight is 395 g/mol. The monoisotopic (exact) mass is 394 g/mol. The molecule has 1 amide bonds. The summed E-state index contributed by atoms with van der Waals surface area (Å²) in [6.45, 7) is 6.53. The highest BCUT2D eigenvalue weighted by atomic mass is 32.2. The van der Waals surface area contributed by atoms with Gasteiger partial charge >= 0.3 is 0 Å². The number of benzene rings is 1. The van der Waals surface area contributed by atoms with Crippen molar-refractivity contribution < 1.29 is 18.1 Å². The summed E-state index contributed by atoms with van der Waals surface area (Å²) >= 11 is 1.24. The number of anilines is 1. The van der Waals surface area contributed by atoms with E-state index in [-0.39, 0.29) is 5.91 Å². The summed E-state index contributed by atoms with van der Waals surface area (Å²) in [4.78, 5) is 13.4. The Morgan fingerprint density at radius 2 is 1.92 bits per heavy atom. The molecule has 3 rings (SSSR count). The van der Waals surface area contributed by atoms with E-state index in [1.165, 1.54) is 21.2 Å². The van der Waals surface area contributed by atoms with Crippen LogP contribution in [0.2, 0.25) is 0 Å². The second-order valence-electron chi connectivity index (χ2n) is 6.61. The highest BCUT2D eigenvalue weighted by molar-refractivity contribution is 7.91. The van der Waals surface area contributed by atoms with E-state index in [1.54, 1.807) is 17.5 Å². The van der Waals surface area contributed by atoms with Gasteiger partial charge in [0.15, 0.2) is 6.54 Å². The Balaban J connectivity index is 1.52. The lowest BCUT2D eigenvalue weighted by Crippen LogP contribution is -3.15. The lowest BCUT2D eigenvalue weighted by Gasteiger charge is -2.30. The molecule has 2 heterocycles. The number of sulfonamides is 1. The molecule has 8 heteroatoms. The third-order valence-corrected chi connectivity index (χ3v) is 7.99. The predicted molar refractivity (Wildman–Crippen MR) is 103 cm³/mol. The highest BCUT2D eigenvalue weighted by Crippen LogP contribution is 2.20. The fraction of sp³-hybridized carbons (Fsp3) is 0.389. The summed E-state index contributed by atoms with van der Waals surface area (Å²) in [5.74, 6) is -0.0437. The second kappa shape index (κ2) is 7.87. The predicted octanol–water partition coefficient (Wildman–Crippen LogP) is 0.893. The summed E-state index contributed by atoms with van der Waals surface area (Å²) in [6.07, 6.45) is 0. The van der Waals surface area contributed by atoms with Crippen LogP contribution in [-0.4, -0.2) is 51.4 Å². The molecule has 0 saturated carbocycles. The number of thiophene rings is 1. The van der Waals surface area contributed by atoms with Gasteiger partial charge in [-0.2, -0.15) is 4.31 Å². The Kier molecular flexibility index (Phi) is 5.76. The first kappa shape index (κ1) is 19.0. The van der Waals surface area contributed by atoms with Gasteiger partial charge in [0.25, 0.3) is 15.9 Å². The lowest BCUT2D eigenvalue weighted by molar-refractivity contribution is -0.895. The van der Waals surface area contributed by atoms with Gasteiger partial charge in [0.2, 0.25) is 0 Å². The van der Waals surface area contributed by atoms with E-state index in [0.29, 0.717) is 36.9 Å². The molecule has 0 atom stereocenters. The van der Waals surface area contributed by atoms with Crippen molar-refractivity contribution in [2.24, 2.45) is 0 Å². The van der Waals surface area contributed by atoms with Crippen molar-refractivity contribution in [2.75, 3.05) is 38.0 Å². The number of hydrogen-bond acceptors (Lipinski definition) is 4. The van der Waals surface area contributed by atoms with Crippen LogP contribution in [0.5, 0.6) is 0 Å². The van der Waals surface area contributed by atoms with Crippen molar-refractivity contribution in [2.45, 2.75) is 18.1 Å². The smallest absolute Gasteiger partial charge is 0.279 e. The number of carbonyl (C=O) groups excluding carboxylic acids is 1. The molecule has 0 bridgehead atoms. The van der Waals surface area contributed by atoms with Gasteiger partial charge in [-0.3, -0.25) is 4.79 Å².